The second-order valence-corrected chi connectivity index (χ2v) is 7.06. The third-order valence-corrected chi connectivity index (χ3v) is 5.01. The molecular weight excluding hydrogens is 310 g/mol. The van der Waals surface area contributed by atoms with Crippen molar-refractivity contribution in [2.45, 2.75) is 11.4 Å². The van der Waals surface area contributed by atoms with Gasteiger partial charge < -0.3 is 9.80 Å². The van der Waals surface area contributed by atoms with Crippen LogP contribution < -0.4 is 0 Å². The van der Waals surface area contributed by atoms with E-state index in [0.717, 1.165) is 6.07 Å². The summed E-state index contributed by atoms with van der Waals surface area (Å²) in [5, 5.41) is 10.8. The molecule has 9 heteroatoms. The minimum absolute atomic E-state index is 0.0140. The van der Waals surface area contributed by atoms with E-state index in [2.05, 4.69) is 0 Å². The Morgan fingerprint density at radius 1 is 1.36 bits per heavy atom. The predicted molar refractivity (Wildman–Crippen MR) is 78.5 cm³/mol. The topological polar surface area (TPSA) is 101 Å². The Labute approximate surface area is 127 Å². The van der Waals surface area contributed by atoms with E-state index < -0.39 is 20.7 Å². The molecule has 0 saturated carbocycles. The highest BCUT2D eigenvalue weighted by Crippen LogP contribution is 2.31. The molecule has 0 saturated heterocycles. The molecule has 0 fully saturated rings. The van der Waals surface area contributed by atoms with Crippen molar-refractivity contribution in [3.8, 4) is 0 Å². The molecule has 118 valence electrons. The Kier molecular flexibility index (Phi) is 3.92. The molecule has 0 unspecified atom stereocenters. The Balaban J connectivity index is 2.74. The van der Waals surface area contributed by atoms with Gasteiger partial charge in [-0.15, -0.1) is 0 Å². The zero-order valence-corrected chi connectivity index (χ0v) is 13.1. The number of non-ortho nitro benzene ring substituents is 1. The second kappa shape index (κ2) is 5.41. The van der Waals surface area contributed by atoms with Crippen molar-refractivity contribution in [2.24, 2.45) is 0 Å². The van der Waals surface area contributed by atoms with Crippen LogP contribution in [0.5, 0.6) is 0 Å². The van der Waals surface area contributed by atoms with Crippen LogP contribution in [0, 0.1) is 10.1 Å². The second-order valence-electron chi connectivity index (χ2n) is 5.17. The Hall–Kier alpha value is -2.42. The molecule has 1 aromatic rings. The van der Waals surface area contributed by atoms with E-state index >= 15 is 0 Å². The number of carbonyl (C=O) groups excluding carboxylic acids is 1. The summed E-state index contributed by atoms with van der Waals surface area (Å²) >= 11 is 0. The number of hydrogen-bond donors (Lipinski definition) is 0. The van der Waals surface area contributed by atoms with Crippen molar-refractivity contribution in [1.29, 1.82) is 0 Å². The molecule has 1 heterocycles. The molecule has 0 spiro atoms. The van der Waals surface area contributed by atoms with Crippen LogP contribution in [-0.2, 0) is 21.2 Å². The third-order valence-electron chi connectivity index (χ3n) is 3.17. The largest absolute Gasteiger partial charge is 0.382 e. The highest BCUT2D eigenvalue weighted by atomic mass is 32.2. The molecule has 0 bridgehead atoms. The average Bonchev–Trinajstić information content (AvgIpc) is 2.48. The van der Waals surface area contributed by atoms with Gasteiger partial charge in [0.2, 0.25) is 9.84 Å². The number of nitro groups is 1. The van der Waals surface area contributed by atoms with Gasteiger partial charge in [0.1, 0.15) is 0 Å². The van der Waals surface area contributed by atoms with Gasteiger partial charge in [-0.1, -0.05) is 0 Å². The van der Waals surface area contributed by atoms with Gasteiger partial charge in [0.05, 0.1) is 9.82 Å². The summed E-state index contributed by atoms with van der Waals surface area (Å²) in [5.41, 5.74) is 0.0158. The average molecular weight is 325 g/mol. The van der Waals surface area contributed by atoms with Crippen molar-refractivity contribution < 1.29 is 18.1 Å². The molecular formula is C13H15N3O5S. The normalized spacial score (nSPS) is 18.8. The summed E-state index contributed by atoms with van der Waals surface area (Å²) in [6, 6.07) is 3.49. The van der Waals surface area contributed by atoms with E-state index in [0.29, 0.717) is 0 Å². The van der Waals surface area contributed by atoms with Crippen molar-refractivity contribution in [1.82, 2.24) is 9.80 Å². The smallest absolute Gasteiger partial charge is 0.269 e. The van der Waals surface area contributed by atoms with Crippen LogP contribution in [0.1, 0.15) is 5.56 Å². The molecule has 0 N–H and O–H groups in total. The predicted octanol–water partition coefficient (Wildman–Crippen LogP) is 0.743. The monoisotopic (exact) mass is 325 g/mol. The molecule has 1 aliphatic heterocycles. The Morgan fingerprint density at radius 2 is 2.00 bits per heavy atom. The lowest BCUT2D eigenvalue weighted by Crippen LogP contribution is -2.28. The molecule has 1 aromatic carbocycles. The van der Waals surface area contributed by atoms with Gasteiger partial charge in [-0.05, 0) is 11.6 Å². The summed E-state index contributed by atoms with van der Waals surface area (Å²) in [6.07, 6.45) is 1.24. The zero-order chi connectivity index (χ0) is 16.7. The van der Waals surface area contributed by atoms with Gasteiger partial charge in [0, 0.05) is 46.0 Å². The number of hydrogen-bond acceptors (Lipinski definition) is 6. The summed E-state index contributed by atoms with van der Waals surface area (Å²) in [6.45, 7) is -0.0140. The first kappa shape index (κ1) is 16.0. The maximum absolute atomic E-state index is 12.7. The van der Waals surface area contributed by atoms with E-state index in [9.17, 15) is 23.3 Å². The molecule has 8 nitrogen and oxygen atoms in total. The maximum atomic E-state index is 12.7. The van der Waals surface area contributed by atoms with Gasteiger partial charge >= 0.3 is 0 Å². The molecule has 0 aliphatic carbocycles. The van der Waals surface area contributed by atoms with Crippen LogP contribution in [0.2, 0.25) is 0 Å². The molecule has 2 rings (SSSR count). The van der Waals surface area contributed by atoms with Crippen molar-refractivity contribution in [3.63, 3.8) is 0 Å². The van der Waals surface area contributed by atoms with Crippen LogP contribution in [0.15, 0.2) is 34.2 Å². The van der Waals surface area contributed by atoms with E-state index in [1.165, 1.54) is 35.2 Å². The summed E-state index contributed by atoms with van der Waals surface area (Å²) in [4.78, 5) is 24.8. The lowest BCUT2D eigenvalue weighted by Gasteiger charge is -2.15. The summed E-state index contributed by atoms with van der Waals surface area (Å²) in [5.74, 6) is -0.646. The Bertz CT molecular complexity index is 783. The van der Waals surface area contributed by atoms with Gasteiger partial charge in [0.25, 0.3) is 11.6 Å². The molecule has 0 radical (unpaired) electrons. The zero-order valence-electron chi connectivity index (χ0n) is 12.3. The molecule has 1 amide bonds. The highest BCUT2D eigenvalue weighted by Gasteiger charge is 2.35. The number of benzene rings is 1. The fourth-order valence-electron chi connectivity index (χ4n) is 2.17. The lowest BCUT2D eigenvalue weighted by molar-refractivity contribution is -0.385. The molecule has 0 aromatic heterocycles. The van der Waals surface area contributed by atoms with Gasteiger partial charge in [-0.2, -0.15) is 0 Å². The van der Waals surface area contributed by atoms with Crippen molar-refractivity contribution >= 4 is 21.4 Å². The van der Waals surface area contributed by atoms with E-state index in [1.54, 1.807) is 14.1 Å². The van der Waals surface area contributed by atoms with Crippen LogP contribution in [0.25, 0.3) is 0 Å². The summed E-state index contributed by atoms with van der Waals surface area (Å²) in [7, 11) is 0.637. The van der Waals surface area contributed by atoms with Gasteiger partial charge in [0.15, 0.2) is 4.91 Å². The SMILES string of the molecule is CN(C)/C=C1\C(=O)N(C)Cc2cc([N+](=O)[O-])ccc2S1(=O)=O. The fourth-order valence-corrected chi connectivity index (χ4v) is 3.86. The van der Waals surface area contributed by atoms with Crippen LogP contribution in [0.4, 0.5) is 5.69 Å². The number of fused-ring (bicyclic) bond motifs is 1. The van der Waals surface area contributed by atoms with E-state index in [1.807, 2.05) is 0 Å². The maximum Gasteiger partial charge on any atom is 0.269 e. The van der Waals surface area contributed by atoms with Crippen LogP contribution in [-0.4, -0.2) is 50.2 Å². The number of amides is 1. The molecule has 0 atom stereocenters. The first-order chi connectivity index (χ1) is 10.1. The summed E-state index contributed by atoms with van der Waals surface area (Å²) < 4.78 is 25.4. The number of sulfone groups is 1. The minimum atomic E-state index is -4.03. The first-order valence-electron chi connectivity index (χ1n) is 6.30. The molecule has 1 aliphatic rings. The molecule has 22 heavy (non-hydrogen) atoms. The third kappa shape index (κ3) is 2.67. The van der Waals surface area contributed by atoms with Crippen LogP contribution >= 0.6 is 0 Å². The van der Waals surface area contributed by atoms with Gasteiger partial charge in [-0.25, -0.2) is 8.42 Å². The number of nitro benzene ring substituents is 1. The number of carbonyl (C=O) groups is 1. The minimum Gasteiger partial charge on any atom is -0.382 e. The standard InChI is InChI=1S/C13H15N3O5S/c1-14(2)8-12-13(17)15(3)7-9-6-10(16(18)19)4-5-11(9)22(12,20)21/h4-6,8H,7H2,1-3H3/b12-8+. The quantitative estimate of drug-likeness (QED) is 0.452. The lowest BCUT2D eigenvalue weighted by atomic mass is 10.2. The highest BCUT2D eigenvalue weighted by molar-refractivity contribution is 7.96. The number of likely N-dealkylation sites (N-methyl/N-ethyl adjacent to an activating group) is 1. The van der Waals surface area contributed by atoms with Crippen molar-refractivity contribution in [2.75, 3.05) is 21.1 Å². The number of nitrogens with zero attached hydrogens (tertiary/aromatic N) is 3. The number of rotatable bonds is 2. The van der Waals surface area contributed by atoms with Crippen molar-refractivity contribution in [3.05, 3.63) is 45.0 Å². The van der Waals surface area contributed by atoms with Crippen LogP contribution in [0.3, 0.4) is 0 Å². The van der Waals surface area contributed by atoms with Gasteiger partial charge in [-0.3, -0.25) is 14.9 Å². The van der Waals surface area contributed by atoms with E-state index in [-0.39, 0.29) is 27.6 Å². The fraction of sp³-hybridized carbons (Fsp3) is 0.308. The van der Waals surface area contributed by atoms with E-state index in [4.69, 9.17) is 0 Å². The Morgan fingerprint density at radius 3 is 2.55 bits per heavy atom. The first-order valence-corrected chi connectivity index (χ1v) is 7.79.